The zero-order chi connectivity index (χ0) is 18.5. The van der Waals surface area contributed by atoms with Crippen molar-refractivity contribution in [1.29, 1.82) is 0 Å². The maximum absolute atomic E-state index is 12.2. The third-order valence-electron chi connectivity index (χ3n) is 3.80. The van der Waals surface area contributed by atoms with E-state index >= 15 is 0 Å². The summed E-state index contributed by atoms with van der Waals surface area (Å²) >= 11 is 0. The van der Waals surface area contributed by atoms with Gasteiger partial charge in [-0.2, -0.15) is 5.10 Å². The van der Waals surface area contributed by atoms with Gasteiger partial charge < -0.3 is 15.2 Å². The molecule has 2 N–H and O–H groups in total. The highest BCUT2D eigenvalue weighted by atomic mass is 16.2. The third-order valence-corrected chi connectivity index (χ3v) is 3.80. The third kappa shape index (κ3) is 3.97. The molecule has 0 aliphatic carbocycles. The van der Waals surface area contributed by atoms with Crippen molar-refractivity contribution < 1.29 is 9.59 Å². The molecule has 0 unspecified atom stereocenters. The number of nitrogens with one attached hydrogen (secondary N) is 2. The van der Waals surface area contributed by atoms with E-state index in [1.54, 1.807) is 35.4 Å². The Morgan fingerprint density at radius 3 is 2.62 bits per heavy atom. The van der Waals surface area contributed by atoms with Gasteiger partial charge in [-0.05, 0) is 44.2 Å². The fourth-order valence-electron chi connectivity index (χ4n) is 2.55. The van der Waals surface area contributed by atoms with Crippen molar-refractivity contribution >= 4 is 17.5 Å². The van der Waals surface area contributed by atoms with E-state index < -0.39 is 0 Å². The van der Waals surface area contributed by atoms with Gasteiger partial charge in [0.25, 0.3) is 5.91 Å². The molecule has 0 saturated heterocycles. The van der Waals surface area contributed by atoms with Crippen LogP contribution in [-0.2, 0) is 11.3 Å². The van der Waals surface area contributed by atoms with Gasteiger partial charge in [0, 0.05) is 30.3 Å². The summed E-state index contributed by atoms with van der Waals surface area (Å²) in [5, 5.41) is 9.59. The molecule has 0 bridgehead atoms. The number of amides is 2. The van der Waals surface area contributed by atoms with Crippen molar-refractivity contribution in [1.82, 2.24) is 24.6 Å². The van der Waals surface area contributed by atoms with Crippen LogP contribution in [0, 0.1) is 6.92 Å². The number of anilines is 1. The second-order valence-corrected chi connectivity index (χ2v) is 5.73. The van der Waals surface area contributed by atoms with Crippen LogP contribution in [0.5, 0.6) is 0 Å². The average molecular weight is 352 g/mol. The molecule has 1 aromatic carbocycles. The summed E-state index contributed by atoms with van der Waals surface area (Å²) in [7, 11) is 0. The van der Waals surface area contributed by atoms with Gasteiger partial charge in [-0.15, -0.1) is 0 Å². The number of aryl methyl sites for hydroxylation is 2. The lowest BCUT2D eigenvalue weighted by atomic mass is 10.2. The molecule has 3 rings (SSSR count). The Morgan fingerprint density at radius 1 is 1.19 bits per heavy atom. The quantitative estimate of drug-likeness (QED) is 0.707. The number of aromatic nitrogens is 4. The smallest absolute Gasteiger partial charge is 0.269 e. The van der Waals surface area contributed by atoms with Crippen LogP contribution in [-0.4, -0.2) is 37.7 Å². The maximum Gasteiger partial charge on any atom is 0.269 e. The van der Waals surface area contributed by atoms with E-state index in [-0.39, 0.29) is 18.4 Å². The first-order valence-corrected chi connectivity index (χ1v) is 8.27. The maximum atomic E-state index is 12.2. The summed E-state index contributed by atoms with van der Waals surface area (Å²) in [6.45, 7) is 4.20. The number of nitrogens with zero attached hydrogens (tertiary/aromatic N) is 4. The van der Waals surface area contributed by atoms with E-state index in [9.17, 15) is 9.59 Å². The van der Waals surface area contributed by atoms with Gasteiger partial charge in [-0.25, -0.2) is 4.98 Å². The average Bonchev–Trinajstić information content (AvgIpc) is 3.30. The van der Waals surface area contributed by atoms with Crippen LogP contribution >= 0.6 is 0 Å². The SMILES string of the molecule is CCn1nc(C)cc1C(=O)NCC(=O)Nc1ccc(-n2ccnc2)cc1. The Bertz CT molecular complexity index is 896. The van der Waals surface area contributed by atoms with E-state index in [0.29, 0.717) is 17.9 Å². The van der Waals surface area contributed by atoms with Crippen molar-refractivity contribution in [3.63, 3.8) is 0 Å². The Hall–Kier alpha value is -3.42. The number of carbonyl (C=O) groups excluding carboxylic acids is 2. The number of rotatable bonds is 6. The lowest BCUT2D eigenvalue weighted by Gasteiger charge is -2.09. The first-order chi connectivity index (χ1) is 12.6. The molecule has 0 spiro atoms. The molecule has 3 aromatic rings. The minimum Gasteiger partial charge on any atom is -0.342 e. The van der Waals surface area contributed by atoms with Gasteiger partial charge in [0.15, 0.2) is 0 Å². The van der Waals surface area contributed by atoms with Crippen molar-refractivity contribution in [3.05, 3.63) is 60.4 Å². The molecule has 2 aromatic heterocycles. The molecule has 0 fully saturated rings. The summed E-state index contributed by atoms with van der Waals surface area (Å²) in [5.41, 5.74) is 2.81. The van der Waals surface area contributed by atoms with Crippen LogP contribution in [0.2, 0.25) is 0 Å². The Labute approximate surface area is 150 Å². The lowest BCUT2D eigenvalue weighted by Crippen LogP contribution is -2.34. The first kappa shape index (κ1) is 17.4. The summed E-state index contributed by atoms with van der Waals surface area (Å²) in [6.07, 6.45) is 5.24. The highest BCUT2D eigenvalue weighted by Gasteiger charge is 2.14. The number of hydrogen-bond donors (Lipinski definition) is 2. The number of hydrogen-bond acceptors (Lipinski definition) is 4. The van der Waals surface area contributed by atoms with Gasteiger partial charge in [0.2, 0.25) is 5.91 Å². The fraction of sp³-hybridized carbons (Fsp3) is 0.222. The predicted octanol–water partition coefficient (Wildman–Crippen LogP) is 1.77. The van der Waals surface area contributed by atoms with Crippen LogP contribution in [0.4, 0.5) is 5.69 Å². The molecule has 0 radical (unpaired) electrons. The van der Waals surface area contributed by atoms with Gasteiger partial charge in [-0.3, -0.25) is 14.3 Å². The lowest BCUT2D eigenvalue weighted by molar-refractivity contribution is -0.115. The molecule has 8 heteroatoms. The standard InChI is InChI=1S/C18H20N6O2/c1-3-24-16(10-13(2)22-24)18(26)20-11-17(25)21-14-4-6-15(7-5-14)23-9-8-19-12-23/h4-10,12H,3,11H2,1-2H3,(H,20,26)(H,21,25). The van der Waals surface area contributed by atoms with E-state index in [0.717, 1.165) is 11.4 Å². The number of carbonyl (C=O) groups is 2. The second-order valence-electron chi connectivity index (χ2n) is 5.73. The summed E-state index contributed by atoms with van der Waals surface area (Å²) < 4.78 is 3.47. The zero-order valence-electron chi connectivity index (χ0n) is 14.6. The van der Waals surface area contributed by atoms with Crippen LogP contribution < -0.4 is 10.6 Å². The minimum absolute atomic E-state index is 0.115. The summed E-state index contributed by atoms with van der Waals surface area (Å²) in [6, 6.07) is 9.04. The molecule has 2 amide bonds. The highest BCUT2D eigenvalue weighted by molar-refractivity contribution is 5.98. The number of imidazole rings is 1. The van der Waals surface area contributed by atoms with Crippen LogP contribution in [0.25, 0.3) is 5.69 Å². The fourth-order valence-corrected chi connectivity index (χ4v) is 2.55. The van der Waals surface area contributed by atoms with Gasteiger partial charge in [0.05, 0.1) is 18.6 Å². The van der Waals surface area contributed by atoms with Crippen molar-refractivity contribution in [2.75, 3.05) is 11.9 Å². The minimum atomic E-state index is -0.321. The van der Waals surface area contributed by atoms with E-state index in [1.165, 1.54) is 0 Å². The zero-order valence-corrected chi connectivity index (χ0v) is 14.6. The topological polar surface area (TPSA) is 93.8 Å². The van der Waals surface area contributed by atoms with Gasteiger partial charge >= 0.3 is 0 Å². The monoisotopic (exact) mass is 352 g/mol. The Morgan fingerprint density at radius 2 is 1.96 bits per heavy atom. The van der Waals surface area contributed by atoms with Gasteiger partial charge in [-0.1, -0.05) is 0 Å². The Kier molecular flexibility index (Phi) is 5.12. The van der Waals surface area contributed by atoms with E-state index in [2.05, 4.69) is 20.7 Å². The molecule has 2 heterocycles. The molecular formula is C18H20N6O2. The van der Waals surface area contributed by atoms with E-state index in [4.69, 9.17) is 0 Å². The van der Waals surface area contributed by atoms with Crippen LogP contribution in [0.3, 0.4) is 0 Å². The Balaban J connectivity index is 1.54. The molecule has 134 valence electrons. The molecular weight excluding hydrogens is 332 g/mol. The largest absolute Gasteiger partial charge is 0.342 e. The molecule has 8 nitrogen and oxygen atoms in total. The molecule has 0 aliphatic heterocycles. The molecule has 0 atom stereocenters. The molecule has 0 saturated carbocycles. The van der Waals surface area contributed by atoms with Crippen molar-refractivity contribution in [3.8, 4) is 5.69 Å². The molecule has 26 heavy (non-hydrogen) atoms. The highest BCUT2D eigenvalue weighted by Crippen LogP contribution is 2.12. The normalized spacial score (nSPS) is 10.5. The van der Waals surface area contributed by atoms with Gasteiger partial charge in [0.1, 0.15) is 5.69 Å². The predicted molar refractivity (Wildman–Crippen MR) is 97.2 cm³/mol. The van der Waals surface area contributed by atoms with E-state index in [1.807, 2.05) is 36.7 Å². The van der Waals surface area contributed by atoms with Crippen LogP contribution in [0.15, 0.2) is 49.1 Å². The van der Waals surface area contributed by atoms with Crippen molar-refractivity contribution in [2.24, 2.45) is 0 Å². The first-order valence-electron chi connectivity index (χ1n) is 8.27. The second kappa shape index (κ2) is 7.64. The van der Waals surface area contributed by atoms with Crippen molar-refractivity contribution in [2.45, 2.75) is 20.4 Å². The number of benzene rings is 1. The van der Waals surface area contributed by atoms with Crippen LogP contribution in [0.1, 0.15) is 23.1 Å². The summed E-state index contributed by atoms with van der Waals surface area (Å²) in [4.78, 5) is 28.3. The summed E-state index contributed by atoms with van der Waals surface area (Å²) in [5.74, 6) is -0.619. The molecule has 0 aliphatic rings.